The monoisotopic (exact) mass is 349 g/mol. The molecule has 0 radical (unpaired) electrons. The highest BCUT2D eigenvalue weighted by Gasteiger charge is 2.40. The molecule has 1 aromatic rings. The van der Waals surface area contributed by atoms with Gasteiger partial charge < -0.3 is 5.32 Å². The van der Waals surface area contributed by atoms with Crippen LogP contribution in [0, 0.1) is 10.8 Å². The molecule has 1 amide bonds. The fourth-order valence-corrected chi connectivity index (χ4v) is 4.03. The van der Waals surface area contributed by atoms with E-state index in [1.165, 1.54) is 18.4 Å². The molecule has 0 aliphatic carbocycles. The quantitative estimate of drug-likeness (QED) is 0.589. The third-order valence-corrected chi connectivity index (χ3v) is 5.89. The Morgan fingerprint density at radius 3 is 2.00 bits per heavy atom. The molecule has 0 fully saturated rings. The van der Waals surface area contributed by atoms with Gasteiger partial charge in [0.1, 0.15) is 0 Å². The fourth-order valence-electron chi connectivity index (χ4n) is 3.39. The molecule has 0 bridgehead atoms. The fraction of sp³-hybridized carbons (Fsp3) is 0.667. The predicted octanol–water partition coefficient (Wildman–Crippen LogP) is 5.81. The highest BCUT2D eigenvalue weighted by molar-refractivity contribution is 7.18. The molecule has 3 heteroatoms. The van der Waals surface area contributed by atoms with Gasteiger partial charge in [0.05, 0.1) is 5.28 Å². The number of nitrogens with one attached hydrogen (secondary N) is 1. The average Bonchev–Trinajstić information content (AvgIpc) is 2.45. The summed E-state index contributed by atoms with van der Waals surface area (Å²) in [5.41, 5.74) is 2.33. The number of carbonyl (C=O) groups is 1. The van der Waals surface area contributed by atoms with E-state index in [1.54, 1.807) is 0 Å². The molecule has 0 aliphatic rings. The normalized spacial score (nSPS) is 15.0. The van der Waals surface area contributed by atoms with E-state index in [0.29, 0.717) is 0 Å². The largest absolute Gasteiger partial charge is 0.344 e. The van der Waals surface area contributed by atoms with Crippen molar-refractivity contribution in [2.24, 2.45) is 10.8 Å². The van der Waals surface area contributed by atoms with Gasteiger partial charge in [-0.25, -0.2) is 0 Å². The number of benzene rings is 1. The van der Waals surface area contributed by atoms with Crippen LogP contribution in [0.15, 0.2) is 24.3 Å². The van der Waals surface area contributed by atoms with Gasteiger partial charge in [-0.05, 0) is 54.7 Å². The molecule has 2 unspecified atom stereocenters. The van der Waals surface area contributed by atoms with Crippen molar-refractivity contribution < 1.29 is 4.79 Å². The standard InChI is InChI=1S/C21H36NOP/c1-8-14-19(3,4)20(5,6)15-21(7,24)22-18(23)17-12-10-16(9-2)11-13-17/h10-13H,8-9,14-15,24H2,1-7H3,(H,22,23). The van der Waals surface area contributed by atoms with E-state index in [2.05, 4.69) is 63.0 Å². The lowest BCUT2D eigenvalue weighted by molar-refractivity contribution is 0.0661. The topological polar surface area (TPSA) is 29.1 Å². The van der Waals surface area contributed by atoms with Crippen LogP contribution in [0.3, 0.4) is 0 Å². The van der Waals surface area contributed by atoms with Gasteiger partial charge in [-0.15, -0.1) is 9.24 Å². The van der Waals surface area contributed by atoms with Crippen LogP contribution in [-0.4, -0.2) is 11.2 Å². The van der Waals surface area contributed by atoms with Crippen molar-refractivity contribution in [3.63, 3.8) is 0 Å². The molecule has 0 aromatic heterocycles. The Morgan fingerprint density at radius 2 is 1.54 bits per heavy atom. The van der Waals surface area contributed by atoms with Gasteiger partial charge in [0, 0.05) is 5.56 Å². The van der Waals surface area contributed by atoms with Gasteiger partial charge in [0.25, 0.3) is 5.91 Å². The van der Waals surface area contributed by atoms with Crippen molar-refractivity contribution in [3.8, 4) is 0 Å². The maximum absolute atomic E-state index is 12.6. The van der Waals surface area contributed by atoms with Gasteiger partial charge in [0.15, 0.2) is 0 Å². The molecule has 24 heavy (non-hydrogen) atoms. The molecule has 0 aliphatic heterocycles. The van der Waals surface area contributed by atoms with E-state index in [9.17, 15) is 4.79 Å². The number of carbonyl (C=O) groups excluding carboxylic acids is 1. The molecule has 0 spiro atoms. The van der Waals surface area contributed by atoms with Gasteiger partial charge in [-0.1, -0.05) is 60.1 Å². The van der Waals surface area contributed by atoms with Gasteiger partial charge in [-0.2, -0.15) is 0 Å². The summed E-state index contributed by atoms with van der Waals surface area (Å²) in [4.78, 5) is 12.6. The van der Waals surface area contributed by atoms with Crippen LogP contribution in [0.2, 0.25) is 0 Å². The second kappa shape index (κ2) is 8.00. The number of hydrogen-bond acceptors (Lipinski definition) is 1. The summed E-state index contributed by atoms with van der Waals surface area (Å²) >= 11 is 0. The van der Waals surface area contributed by atoms with Gasteiger partial charge >= 0.3 is 0 Å². The van der Waals surface area contributed by atoms with E-state index in [0.717, 1.165) is 18.4 Å². The summed E-state index contributed by atoms with van der Waals surface area (Å²) < 4.78 is 0. The highest BCUT2D eigenvalue weighted by atomic mass is 31.0. The SMILES string of the molecule is CCCC(C)(C)C(C)(C)CC(C)(P)NC(=O)c1ccc(CC)cc1. The maximum atomic E-state index is 12.6. The first-order valence-electron chi connectivity index (χ1n) is 9.14. The summed E-state index contributed by atoms with van der Waals surface area (Å²) in [6.07, 6.45) is 4.27. The molecule has 0 saturated carbocycles. The van der Waals surface area contributed by atoms with Gasteiger partial charge in [0.2, 0.25) is 0 Å². The molecule has 0 heterocycles. The minimum atomic E-state index is -0.324. The second-order valence-corrected chi connectivity index (χ2v) is 9.89. The van der Waals surface area contributed by atoms with Crippen LogP contribution in [0.25, 0.3) is 0 Å². The Labute approximate surface area is 151 Å². The third-order valence-electron chi connectivity index (χ3n) is 5.54. The molecule has 1 aromatic carbocycles. The van der Waals surface area contributed by atoms with E-state index in [4.69, 9.17) is 0 Å². The van der Waals surface area contributed by atoms with Crippen molar-refractivity contribution >= 4 is 15.1 Å². The summed E-state index contributed by atoms with van der Waals surface area (Å²) in [5, 5.41) is 2.88. The lowest BCUT2D eigenvalue weighted by Gasteiger charge is -2.46. The Bertz CT molecular complexity index is 543. The minimum absolute atomic E-state index is 0.000694. The van der Waals surface area contributed by atoms with Crippen LogP contribution in [0.5, 0.6) is 0 Å². The van der Waals surface area contributed by atoms with Crippen molar-refractivity contribution in [2.45, 2.75) is 79.4 Å². The van der Waals surface area contributed by atoms with E-state index < -0.39 is 0 Å². The first-order valence-corrected chi connectivity index (χ1v) is 9.72. The van der Waals surface area contributed by atoms with E-state index in [1.807, 2.05) is 24.3 Å². The number of amides is 1. The zero-order valence-corrected chi connectivity index (χ0v) is 17.8. The van der Waals surface area contributed by atoms with Crippen LogP contribution in [0.4, 0.5) is 0 Å². The van der Waals surface area contributed by atoms with Crippen LogP contribution >= 0.6 is 9.24 Å². The number of rotatable bonds is 8. The minimum Gasteiger partial charge on any atom is -0.344 e. The first kappa shape index (κ1) is 21.2. The summed E-state index contributed by atoms with van der Waals surface area (Å²) in [5.74, 6) is -0.000694. The lowest BCUT2D eigenvalue weighted by atomic mass is 9.63. The molecule has 2 atom stereocenters. The highest BCUT2D eigenvalue weighted by Crippen LogP contribution is 2.48. The summed E-state index contributed by atoms with van der Waals surface area (Å²) in [6, 6.07) is 7.90. The average molecular weight is 349 g/mol. The molecule has 2 nitrogen and oxygen atoms in total. The smallest absolute Gasteiger partial charge is 0.251 e. The molecule has 136 valence electrons. The van der Waals surface area contributed by atoms with Crippen molar-refractivity contribution in [1.82, 2.24) is 5.32 Å². The Hall–Kier alpha value is -0.880. The number of hydrogen-bond donors (Lipinski definition) is 1. The molecule has 1 N–H and O–H groups in total. The Balaban J connectivity index is 2.82. The molecular formula is C21H36NOP. The zero-order chi connectivity index (χ0) is 18.6. The summed E-state index contributed by atoms with van der Waals surface area (Å²) in [7, 11) is 2.85. The predicted molar refractivity (Wildman–Crippen MR) is 108 cm³/mol. The Morgan fingerprint density at radius 1 is 1.00 bits per heavy atom. The molecule has 0 saturated heterocycles. The van der Waals surface area contributed by atoms with Crippen LogP contribution in [-0.2, 0) is 6.42 Å². The molecular weight excluding hydrogens is 313 g/mol. The van der Waals surface area contributed by atoms with E-state index >= 15 is 0 Å². The zero-order valence-electron chi connectivity index (χ0n) is 16.6. The summed E-state index contributed by atoms with van der Waals surface area (Å²) in [6.45, 7) is 15.7. The first-order chi connectivity index (χ1) is 10.9. The lowest BCUT2D eigenvalue weighted by Crippen LogP contribution is -2.47. The van der Waals surface area contributed by atoms with E-state index in [-0.39, 0.29) is 22.0 Å². The Kier molecular flexibility index (Phi) is 7.05. The van der Waals surface area contributed by atoms with Crippen molar-refractivity contribution in [1.29, 1.82) is 0 Å². The number of aryl methyl sites for hydroxylation is 1. The van der Waals surface area contributed by atoms with Gasteiger partial charge in [-0.3, -0.25) is 4.79 Å². The van der Waals surface area contributed by atoms with Crippen LogP contribution < -0.4 is 5.32 Å². The van der Waals surface area contributed by atoms with Crippen LogP contribution in [0.1, 0.15) is 83.7 Å². The second-order valence-electron chi connectivity index (χ2n) is 8.62. The van der Waals surface area contributed by atoms with Crippen molar-refractivity contribution in [2.75, 3.05) is 0 Å². The molecule has 1 rings (SSSR count). The van der Waals surface area contributed by atoms with Crippen molar-refractivity contribution in [3.05, 3.63) is 35.4 Å². The maximum Gasteiger partial charge on any atom is 0.251 e. The third kappa shape index (κ3) is 5.59.